The van der Waals surface area contributed by atoms with E-state index in [9.17, 15) is 18.0 Å². The van der Waals surface area contributed by atoms with Crippen molar-refractivity contribution in [2.24, 2.45) is 11.8 Å². The van der Waals surface area contributed by atoms with Crippen LogP contribution in [0.2, 0.25) is 5.02 Å². The van der Waals surface area contributed by atoms with Gasteiger partial charge in [-0.25, -0.2) is 8.42 Å². The van der Waals surface area contributed by atoms with Gasteiger partial charge in [0.2, 0.25) is 11.8 Å². The third kappa shape index (κ3) is 5.63. The fourth-order valence-electron chi connectivity index (χ4n) is 5.14. The van der Waals surface area contributed by atoms with E-state index in [1.54, 1.807) is 51.1 Å². The second-order valence-electron chi connectivity index (χ2n) is 10.2. The van der Waals surface area contributed by atoms with Crippen LogP contribution in [0.25, 0.3) is 0 Å². The number of para-hydroxylation sites is 2. The zero-order valence-corrected chi connectivity index (χ0v) is 23.3. The summed E-state index contributed by atoms with van der Waals surface area (Å²) < 4.78 is 29.4. The SMILES string of the molecule is Cc1cc(S(=O)(=O)N2c3ccccc3NC(=O)C2C(C)C(=O)NCCC2CCN(C)CC2)c(C)cc1Cl. The Morgan fingerprint density at radius 2 is 1.84 bits per heavy atom. The molecule has 37 heavy (non-hydrogen) atoms. The standard InChI is InChI=1S/C27H35ClN4O4S/c1-17-16-24(18(2)15-21(17)28)37(35,36)32-23-8-6-5-7-22(23)30-27(34)25(32)19(3)26(33)29-12-9-20-10-13-31(4)14-11-20/h5-8,15-16,19-20,25H,9-14H2,1-4H3,(H,29,33)(H,30,34). The van der Waals surface area contributed by atoms with E-state index in [1.807, 2.05) is 0 Å². The Labute approximate surface area is 224 Å². The summed E-state index contributed by atoms with van der Waals surface area (Å²) in [5.74, 6) is -1.26. The van der Waals surface area contributed by atoms with Crippen molar-refractivity contribution < 1.29 is 18.0 Å². The highest BCUT2D eigenvalue weighted by Crippen LogP contribution is 2.39. The lowest BCUT2D eigenvalue weighted by atomic mass is 9.93. The van der Waals surface area contributed by atoms with Crippen molar-refractivity contribution in [1.29, 1.82) is 0 Å². The third-order valence-electron chi connectivity index (χ3n) is 7.49. The summed E-state index contributed by atoms with van der Waals surface area (Å²) in [6.45, 7) is 7.59. The Bertz CT molecular complexity index is 1290. The van der Waals surface area contributed by atoms with Crippen molar-refractivity contribution in [3.05, 3.63) is 52.5 Å². The largest absolute Gasteiger partial charge is 0.356 e. The number of carbonyl (C=O) groups is 2. The molecule has 2 aliphatic heterocycles. The Hall–Kier alpha value is -2.62. The lowest BCUT2D eigenvalue weighted by molar-refractivity contribution is -0.129. The van der Waals surface area contributed by atoms with Gasteiger partial charge in [0.25, 0.3) is 10.0 Å². The maximum atomic E-state index is 14.1. The molecular formula is C27H35ClN4O4S. The highest BCUT2D eigenvalue weighted by Gasteiger charge is 2.46. The molecule has 0 bridgehead atoms. The molecule has 2 aliphatic rings. The molecule has 4 rings (SSSR count). The Morgan fingerprint density at radius 1 is 1.16 bits per heavy atom. The summed E-state index contributed by atoms with van der Waals surface area (Å²) in [6, 6.07) is 8.60. The van der Waals surface area contributed by atoms with Gasteiger partial charge in [-0.3, -0.25) is 13.9 Å². The predicted molar refractivity (Wildman–Crippen MR) is 146 cm³/mol. The van der Waals surface area contributed by atoms with Crippen LogP contribution in [0.15, 0.2) is 41.3 Å². The number of benzene rings is 2. The average Bonchev–Trinajstić information content (AvgIpc) is 2.85. The molecule has 2 atom stereocenters. The van der Waals surface area contributed by atoms with E-state index in [4.69, 9.17) is 11.6 Å². The van der Waals surface area contributed by atoms with Crippen LogP contribution < -0.4 is 14.9 Å². The van der Waals surface area contributed by atoms with E-state index in [0.29, 0.717) is 40.0 Å². The minimum atomic E-state index is -4.22. The maximum absolute atomic E-state index is 14.1. The first-order valence-electron chi connectivity index (χ1n) is 12.7. The first kappa shape index (κ1) is 27.4. The summed E-state index contributed by atoms with van der Waals surface area (Å²) in [4.78, 5) is 28.9. The molecule has 10 heteroatoms. The number of nitrogens with zero attached hydrogens (tertiary/aromatic N) is 2. The number of hydrogen-bond donors (Lipinski definition) is 2. The van der Waals surface area contributed by atoms with Crippen LogP contribution in [0, 0.1) is 25.7 Å². The molecule has 2 aromatic rings. The van der Waals surface area contributed by atoms with E-state index >= 15 is 0 Å². The molecule has 0 radical (unpaired) electrons. The monoisotopic (exact) mass is 546 g/mol. The van der Waals surface area contributed by atoms with Crippen LogP contribution >= 0.6 is 11.6 Å². The van der Waals surface area contributed by atoms with Crippen LogP contribution in [0.5, 0.6) is 0 Å². The van der Waals surface area contributed by atoms with E-state index in [2.05, 4.69) is 22.6 Å². The van der Waals surface area contributed by atoms with Crippen molar-refractivity contribution in [2.45, 2.75) is 51.0 Å². The Balaban J connectivity index is 1.62. The average molecular weight is 547 g/mol. The lowest BCUT2D eigenvalue weighted by Crippen LogP contribution is -2.57. The van der Waals surface area contributed by atoms with Crippen LogP contribution in [0.4, 0.5) is 11.4 Å². The summed E-state index contributed by atoms with van der Waals surface area (Å²) in [5.41, 5.74) is 1.78. The zero-order chi connectivity index (χ0) is 26.9. The number of fused-ring (bicyclic) bond motifs is 1. The number of amides is 2. The molecule has 2 unspecified atom stereocenters. The van der Waals surface area contributed by atoms with Crippen molar-refractivity contribution in [3.8, 4) is 0 Å². The molecule has 1 fully saturated rings. The van der Waals surface area contributed by atoms with E-state index in [1.165, 1.54) is 6.07 Å². The van der Waals surface area contributed by atoms with Gasteiger partial charge in [0.1, 0.15) is 6.04 Å². The second kappa shape index (κ2) is 11.0. The minimum absolute atomic E-state index is 0.0544. The molecule has 1 saturated heterocycles. The van der Waals surface area contributed by atoms with Gasteiger partial charge < -0.3 is 15.5 Å². The van der Waals surface area contributed by atoms with E-state index in [0.717, 1.165) is 36.7 Å². The predicted octanol–water partition coefficient (Wildman–Crippen LogP) is 3.96. The molecule has 0 spiro atoms. The van der Waals surface area contributed by atoms with Crippen molar-refractivity contribution in [1.82, 2.24) is 10.2 Å². The molecule has 2 heterocycles. The number of rotatable bonds is 7. The molecular weight excluding hydrogens is 512 g/mol. The van der Waals surface area contributed by atoms with Gasteiger partial charge in [-0.1, -0.05) is 30.7 Å². The number of aryl methyl sites for hydroxylation is 2. The molecule has 200 valence electrons. The topological polar surface area (TPSA) is 98.8 Å². The fraction of sp³-hybridized carbons (Fsp3) is 0.481. The number of likely N-dealkylation sites (tertiary alicyclic amines) is 1. The smallest absolute Gasteiger partial charge is 0.265 e. The highest BCUT2D eigenvalue weighted by molar-refractivity contribution is 7.93. The van der Waals surface area contributed by atoms with E-state index in [-0.39, 0.29) is 10.8 Å². The van der Waals surface area contributed by atoms with Crippen LogP contribution in [-0.4, -0.2) is 57.9 Å². The van der Waals surface area contributed by atoms with Crippen molar-refractivity contribution in [2.75, 3.05) is 36.3 Å². The number of sulfonamides is 1. The number of anilines is 2. The van der Waals surface area contributed by atoms with Gasteiger partial charge >= 0.3 is 0 Å². The van der Waals surface area contributed by atoms with Crippen molar-refractivity contribution >= 4 is 44.8 Å². The quantitative estimate of drug-likeness (QED) is 0.548. The van der Waals surface area contributed by atoms with Gasteiger partial charge in [0, 0.05) is 11.6 Å². The first-order chi connectivity index (χ1) is 17.5. The Morgan fingerprint density at radius 3 is 2.54 bits per heavy atom. The number of hydrogen-bond acceptors (Lipinski definition) is 5. The number of piperidine rings is 1. The maximum Gasteiger partial charge on any atom is 0.265 e. The summed E-state index contributed by atoms with van der Waals surface area (Å²) in [6.07, 6.45) is 3.04. The van der Waals surface area contributed by atoms with Crippen LogP contribution in [-0.2, 0) is 19.6 Å². The number of nitrogens with one attached hydrogen (secondary N) is 2. The molecule has 2 N–H and O–H groups in total. The minimum Gasteiger partial charge on any atom is -0.356 e. The molecule has 2 amide bonds. The highest BCUT2D eigenvalue weighted by atomic mass is 35.5. The van der Waals surface area contributed by atoms with Gasteiger partial charge in [0.05, 0.1) is 22.2 Å². The fourth-order valence-corrected chi connectivity index (χ4v) is 7.35. The molecule has 0 aliphatic carbocycles. The second-order valence-corrected chi connectivity index (χ2v) is 12.4. The normalized spacial score (nSPS) is 19.8. The third-order valence-corrected chi connectivity index (χ3v) is 9.84. The molecule has 2 aromatic carbocycles. The van der Waals surface area contributed by atoms with Crippen LogP contribution in [0.3, 0.4) is 0 Å². The molecule has 0 aromatic heterocycles. The summed E-state index contributed by atoms with van der Waals surface area (Å²) in [5, 5.41) is 6.21. The van der Waals surface area contributed by atoms with Gasteiger partial charge in [0.15, 0.2) is 0 Å². The molecule has 0 saturated carbocycles. The number of halogens is 1. The summed E-state index contributed by atoms with van der Waals surface area (Å²) in [7, 11) is -2.11. The lowest BCUT2D eigenvalue weighted by Gasteiger charge is -2.39. The number of carbonyl (C=O) groups excluding carboxylic acids is 2. The van der Waals surface area contributed by atoms with Crippen LogP contribution in [0.1, 0.15) is 37.3 Å². The first-order valence-corrected chi connectivity index (χ1v) is 14.5. The van der Waals surface area contributed by atoms with Gasteiger partial charge in [-0.05, 0) is 94.6 Å². The van der Waals surface area contributed by atoms with Gasteiger partial charge in [-0.15, -0.1) is 0 Å². The Kier molecular flexibility index (Phi) is 8.16. The van der Waals surface area contributed by atoms with E-state index < -0.39 is 27.9 Å². The molecule has 8 nitrogen and oxygen atoms in total. The van der Waals surface area contributed by atoms with Gasteiger partial charge in [-0.2, -0.15) is 0 Å². The zero-order valence-electron chi connectivity index (χ0n) is 21.8. The van der Waals surface area contributed by atoms with Crippen molar-refractivity contribution in [3.63, 3.8) is 0 Å². The summed E-state index contributed by atoms with van der Waals surface area (Å²) >= 11 is 6.23.